The van der Waals surface area contributed by atoms with E-state index in [0.29, 0.717) is 10.6 Å². The molecule has 0 spiro atoms. The Bertz CT molecular complexity index is 685. The predicted molar refractivity (Wildman–Crippen MR) is 82.1 cm³/mol. The second kappa shape index (κ2) is 6.06. The average molecular weight is 304 g/mol. The van der Waals surface area contributed by atoms with Gasteiger partial charge >= 0.3 is 0 Å². The number of hydrogen-bond donors (Lipinski definition) is 0. The summed E-state index contributed by atoms with van der Waals surface area (Å²) in [5, 5.41) is 11.2. The van der Waals surface area contributed by atoms with E-state index in [2.05, 4.69) is 0 Å². The minimum Gasteiger partial charge on any atom is -0.294 e. The third-order valence-corrected chi connectivity index (χ3v) is 3.64. The molecule has 5 heteroatoms. The highest BCUT2D eigenvalue weighted by Gasteiger charge is 2.14. The van der Waals surface area contributed by atoms with E-state index in [-0.39, 0.29) is 17.9 Å². The number of benzene rings is 2. The Morgan fingerprint density at radius 1 is 1.19 bits per heavy atom. The average Bonchev–Trinajstić information content (AvgIpc) is 2.42. The summed E-state index contributed by atoms with van der Waals surface area (Å²) < 4.78 is 0. The molecule has 2 aromatic rings. The highest BCUT2D eigenvalue weighted by Crippen LogP contribution is 2.24. The third-order valence-electron chi connectivity index (χ3n) is 3.30. The minimum absolute atomic E-state index is 0.0314. The van der Waals surface area contributed by atoms with Crippen LogP contribution in [0.25, 0.3) is 0 Å². The van der Waals surface area contributed by atoms with Crippen molar-refractivity contribution < 1.29 is 9.72 Å². The van der Waals surface area contributed by atoms with Crippen molar-refractivity contribution in [2.75, 3.05) is 0 Å². The predicted octanol–water partition coefficient (Wildman–Crippen LogP) is 4.29. The van der Waals surface area contributed by atoms with E-state index in [4.69, 9.17) is 11.6 Å². The van der Waals surface area contributed by atoms with Crippen LogP contribution in [-0.2, 0) is 6.42 Å². The molecule has 0 aromatic heterocycles. The normalized spacial score (nSPS) is 10.4. The summed E-state index contributed by atoms with van der Waals surface area (Å²) in [5.41, 5.74) is 3.22. The first-order valence-corrected chi connectivity index (χ1v) is 6.79. The highest BCUT2D eigenvalue weighted by molar-refractivity contribution is 6.31. The van der Waals surface area contributed by atoms with Crippen LogP contribution in [0.2, 0.25) is 5.02 Å². The maximum atomic E-state index is 12.3. The van der Waals surface area contributed by atoms with Crippen molar-refractivity contribution in [1.82, 2.24) is 0 Å². The molecule has 0 unspecified atom stereocenters. The van der Waals surface area contributed by atoms with Crippen molar-refractivity contribution in [3.8, 4) is 0 Å². The zero-order valence-corrected chi connectivity index (χ0v) is 12.5. The summed E-state index contributed by atoms with van der Waals surface area (Å²) in [6, 6.07) is 9.40. The molecule has 0 fully saturated rings. The maximum absolute atomic E-state index is 12.3. The van der Waals surface area contributed by atoms with Gasteiger partial charge in [-0.05, 0) is 48.7 Å². The third kappa shape index (κ3) is 3.47. The van der Waals surface area contributed by atoms with E-state index in [1.54, 1.807) is 0 Å². The Morgan fingerprint density at radius 2 is 1.81 bits per heavy atom. The number of non-ortho nitro benzene ring substituents is 1. The first kappa shape index (κ1) is 15.2. The number of rotatable bonds is 4. The zero-order valence-electron chi connectivity index (χ0n) is 11.7. The largest absolute Gasteiger partial charge is 0.294 e. The molecule has 0 bridgehead atoms. The summed E-state index contributed by atoms with van der Waals surface area (Å²) in [6.07, 6.45) is 0.183. The molecule has 2 aromatic carbocycles. The van der Waals surface area contributed by atoms with Crippen LogP contribution >= 0.6 is 11.6 Å². The topological polar surface area (TPSA) is 60.2 Å². The Morgan fingerprint density at radius 3 is 2.33 bits per heavy atom. The molecule has 21 heavy (non-hydrogen) atoms. The fourth-order valence-corrected chi connectivity index (χ4v) is 2.59. The first-order valence-electron chi connectivity index (χ1n) is 6.42. The molecule has 0 N–H and O–H groups in total. The summed E-state index contributed by atoms with van der Waals surface area (Å²) in [4.78, 5) is 22.4. The Balaban J connectivity index is 2.24. The molecule has 0 amide bonds. The van der Waals surface area contributed by atoms with Crippen molar-refractivity contribution in [1.29, 1.82) is 0 Å². The van der Waals surface area contributed by atoms with E-state index < -0.39 is 4.92 Å². The molecule has 4 nitrogen and oxygen atoms in total. The number of halogens is 1. The van der Waals surface area contributed by atoms with Crippen molar-refractivity contribution in [2.24, 2.45) is 0 Å². The summed E-state index contributed by atoms with van der Waals surface area (Å²) in [5.74, 6) is -0.112. The van der Waals surface area contributed by atoms with Crippen LogP contribution in [0.5, 0.6) is 0 Å². The fraction of sp³-hybridized carbons (Fsp3) is 0.188. The molecule has 0 heterocycles. The van der Waals surface area contributed by atoms with Crippen LogP contribution in [0.15, 0.2) is 36.4 Å². The number of nitro benzene ring substituents is 1. The molecule has 108 valence electrons. The second-order valence-corrected chi connectivity index (χ2v) is 5.35. The van der Waals surface area contributed by atoms with Gasteiger partial charge in [0.2, 0.25) is 0 Å². The van der Waals surface area contributed by atoms with Gasteiger partial charge in [-0.2, -0.15) is 0 Å². The Hall–Kier alpha value is -2.20. The van der Waals surface area contributed by atoms with Gasteiger partial charge in [-0.15, -0.1) is 0 Å². The van der Waals surface area contributed by atoms with Gasteiger partial charge in [0.25, 0.3) is 5.69 Å². The van der Waals surface area contributed by atoms with Crippen LogP contribution in [-0.4, -0.2) is 10.7 Å². The molecule has 0 radical (unpaired) electrons. The van der Waals surface area contributed by atoms with Gasteiger partial charge in [0.05, 0.1) is 4.92 Å². The van der Waals surface area contributed by atoms with Crippen LogP contribution < -0.4 is 0 Å². The minimum atomic E-state index is -0.491. The smallest absolute Gasteiger partial charge is 0.269 e. The first-order chi connectivity index (χ1) is 9.88. The lowest BCUT2D eigenvalue weighted by molar-refractivity contribution is -0.384. The Labute approximate surface area is 127 Å². The van der Waals surface area contributed by atoms with Crippen molar-refractivity contribution in [3.63, 3.8) is 0 Å². The van der Waals surface area contributed by atoms with Gasteiger partial charge in [-0.25, -0.2) is 0 Å². The number of carbonyl (C=O) groups excluding carboxylic acids is 1. The molecule has 0 atom stereocenters. The highest BCUT2D eigenvalue weighted by atomic mass is 35.5. The van der Waals surface area contributed by atoms with Crippen molar-refractivity contribution in [3.05, 3.63) is 73.8 Å². The molecule has 2 rings (SSSR count). The molecule has 0 aliphatic carbocycles. The SMILES string of the molecule is Cc1cc(C)c(CC(=O)c2ccc([N+](=O)[O-])cc2)c(Cl)c1. The fourth-order valence-electron chi connectivity index (χ4n) is 2.20. The van der Waals surface area contributed by atoms with Gasteiger partial charge in [0.15, 0.2) is 5.78 Å². The number of hydrogen-bond acceptors (Lipinski definition) is 3. The Kier molecular flexibility index (Phi) is 4.38. The maximum Gasteiger partial charge on any atom is 0.269 e. The lowest BCUT2D eigenvalue weighted by Crippen LogP contribution is -2.06. The van der Waals surface area contributed by atoms with E-state index >= 15 is 0 Å². The number of nitro groups is 1. The van der Waals surface area contributed by atoms with Gasteiger partial charge in [0, 0.05) is 29.1 Å². The van der Waals surface area contributed by atoms with E-state index in [1.165, 1.54) is 24.3 Å². The van der Waals surface area contributed by atoms with Crippen LogP contribution in [0.4, 0.5) is 5.69 Å². The van der Waals surface area contributed by atoms with E-state index in [0.717, 1.165) is 16.7 Å². The summed E-state index contributed by atoms with van der Waals surface area (Å²) in [6.45, 7) is 3.86. The number of Topliss-reactive ketones (excluding diaryl/α,β-unsaturated/α-hetero) is 1. The quantitative estimate of drug-likeness (QED) is 0.481. The lowest BCUT2D eigenvalue weighted by atomic mass is 9.98. The van der Waals surface area contributed by atoms with Gasteiger partial charge in [-0.1, -0.05) is 17.7 Å². The van der Waals surface area contributed by atoms with Crippen LogP contribution in [0, 0.1) is 24.0 Å². The van der Waals surface area contributed by atoms with E-state index in [1.807, 2.05) is 26.0 Å². The monoisotopic (exact) mass is 303 g/mol. The van der Waals surface area contributed by atoms with Crippen molar-refractivity contribution >= 4 is 23.1 Å². The van der Waals surface area contributed by atoms with Gasteiger partial charge in [-0.3, -0.25) is 14.9 Å². The molecule has 0 saturated carbocycles. The lowest BCUT2D eigenvalue weighted by Gasteiger charge is -2.09. The van der Waals surface area contributed by atoms with Crippen LogP contribution in [0.3, 0.4) is 0 Å². The molecule has 0 aliphatic rings. The number of nitrogens with zero attached hydrogens (tertiary/aromatic N) is 1. The number of aryl methyl sites for hydroxylation is 2. The number of ketones is 1. The number of carbonyl (C=O) groups is 1. The van der Waals surface area contributed by atoms with Gasteiger partial charge in [0.1, 0.15) is 0 Å². The van der Waals surface area contributed by atoms with Crippen molar-refractivity contribution in [2.45, 2.75) is 20.3 Å². The summed E-state index contributed by atoms with van der Waals surface area (Å²) in [7, 11) is 0. The zero-order chi connectivity index (χ0) is 15.6. The molecular weight excluding hydrogens is 290 g/mol. The second-order valence-electron chi connectivity index (χ2n) is 4.95. The van der Waals surface area contributed by atoms with E-state index in [9.17, 15) is 14.9 Å². The van der Waals surface area contributed by atoms with Crippen LogP contribution in [0.1, 0.15) is 27.0 Å². The van der Waals surface area contributed by atoms with Gasteiger partial charge < -0.3 is 0 Å². The molecule has 0 aliphatic heterocycles. The standard InChI is InChI=1S/C16H14ClNO3/c1-10-7-11(2)14(15(17)8-10)9-16(19)12-3-5-13(6-4-12)18(20)21/h3-8H,9H2,1-2H3. The molecular formula is C16H14ClNO3. The molecule has 0 saturated heterocycles. The summed E-state index contributed by atoms with van der Waals surface area (Å²) >= 11 is 6.19.